The molecule has 2 atom stereocenters. The molecule has 0 aromatic heterocycles. The van der Waals surface area contributed by atoms with Crippen LogP contribution in [0.25, 0.3) is 0 Å². The van der Waals surface area contributed by atoms with Gasteiger partial charge in [0.25, 0.3) is 0 Å². The SMILES string of the molecule is COc1ccc(NC(=O)C2CC=CCC2C(=O)O)cc1NC(C)=O. The Balaban J connectivity index is 2.17. The van der Waals surface area contributed by atoms with Crippen LogP contribution in [-0.4, -0.2) is 30.0 Å². The van der Waals surface area contributed by atoms with Gasteiger partial charge in [0, 0.05) is 12.6 Å². The molecule has 3 N–H and O–H groups in total. The first-order valence-corrected chi connectivity index (χ1v) is 7.56. The number of nitrogens with one attached hydrogen (secondary N) is 2. The van der Waals surface area contributed by atoms with Crippen LogP contribution in [0.4, 0.5) is 11.4 Å². The lowest BCUT2D eigenvalue weighted by Crippen LogP contribution is -2.34. The molecule has 0 aliphatic heterocycles. The van der Waals surface area contributed by atoms with Crippen LogP contribution in [0, 0.1) is 11.8 Å². The molecule has 7 heteroatoms. The number of hydrogen-bond acceptors (Lipinski definition) is 4. The minimum absolute atomic E-state index is 0.264. The first-order chi connectivity index (χ1) is 11.4. The highest BCUT2D eigenvalue weighted by Gasteiger charge is 2.34. The van der Waals surface area contributed by atoms with Gasteiger partial charge in [-0.25, -0.2) is 0 Å². The van der Waals surface area contributed by atoms with Crippen LogP contribution in [0.5, 0.6) is 5.75 Å². The van der Waals surface area contributed by atoms with Crippen LogP contribution >= 0.6 is 0 Å². The highest BCUT2D eigenvalue weighted by molar-refractivity contribution is 5.97. The Morgan fingerprint density at radius 1 is 1.12 bits per heavy atom. The van der Waals surface area contributed by atoms with Gasteiger partial charge in [-0.3, -0.25) is 14.4 Å². The van der Waals surface area contributed by atoms with Crippen LogP contribution in [-0.2, 0) is 14.4 Å². The van der Waals surface area contributed by atoms with Gasteiger partial charge in [-0.15, -0.1) is 0 Å². The molecule has 0 heterocycles. The molecule has 1 aliphatic rings. The predicted octanol–water partition coefficient (Wildman–Crippen LogP) is 2.26. The lowest BCUT2D eigenvalue weighted by Gasteiger charge is -2.24. The highest BCUT2D eigenvalue weighted by Crippen LogP contribution is 2.30. The summed E-state index contributed by atoms with van der Waals surface area (Å²) < 4.78 is 5.16. The Morgan fingerprint density at radius 3 is 2.38 bits per heavy atom. The number of carbonyl (C=O) groups is 3. The summed E-state index contributed by atoms with van der Waals surface area (Å²) in [6.45, 7) is 1.37. The molecule has 128 valence electrons. The zero-order chi connectivity index (χ0) is 17.7. The maximum atomic E-state index is 12.4. The quantitative estimate of drug-likeness (QED) is 0.717. The monoisotopic (exact) mass is 332 g/mol. The normalized spacial score (nSPS) is 19.4. The maximum absolute atomic E-state index is 12.4. The molecule has 0 saturated carbocycles. The van der Waals surface area contributed by atoms with Gasteiger partial charge < -0.3 is 20.5 Å². The van der Waals surface area contributed by atoms with E-state index in [4.69, 9.17) is 4.74 Å². The van der Waals surface area contributed by atoms with E-state index in [1.807, 2.05) is 6.08 Å². The van der Waals surface area contributed by atoms with Crippen LogP contribution in [0.3, 0.4) is 0 Å². The molecule has 7 nitrogen and oxygen atoms in total. The molecule has 1 aromatic rings. The van der Waals surface area contributed by atoms with Crippen LogP contribution in [0.1, 0.15) is 19.8 Å². The van der Waals surface area contributed by atoms with Crippen molar-refractivity contribution < 1.29 is 24.2 Å². The number of carboxylic acids is 1. The van der Waals surface area contributed by atoms with Gasteiger partial charge in [0.05, 0.1) is 24.6 Å². The number of ether oxygens (including phenoxy) is 1. The van der Waals surface area contributed by atoms with E-state index in [-0.39, 0.29) is 11.8 Å². The summed E-state index contributed by atoms with van der Waals surface area (Å²) in [5, 5.41) is 14.6. The third kappa shape index (κ3) is 4.13. The van der Waals surface area contributed by atoms with Crippen molar-refractivity contribution in [3.8, 4) is 5.75 Å². The van der Waals surface area contributed by atoms with E-state index in [0.717, 1.165) is 0 Å². The molecule has 0 saturated heterocycles. The van der Waals surface area contributed by atoms with Gasteiger partial charge in [0.15, 0.2) is 0 Å². The summed E-state index contributed by atoms with van der Waals surface area (Å²) >= 11 is 0. The zero-order valence-electron chi connectivity index (χ0n) is 13.5. The average Bonchev–Trinajstić information content (AvgIpc) is 2.54. The largest absolute Gasteiger partial charge is 0.495 e. The molecule has 1 aromatic carbocycles. The highest BCUT2D eigenvalue weighted by atomic mass is 16.5. The number of hydrogen-bond donors (Lipinski definition) is 3. The van der Waals surface area contributed by atoms with E-state index in [0.29, 0.717) is 30.0 Å². The van der Waals surface area contributed by atoms with E-state index < -0.39 is 17.8 Å². The molecule has 2 unspecified atom stereocenters. The fraction of sp³-hybridized carbons (Fsp3) is 0.353. The number of aliphatic carboxylic acids is 1. The van der Waals surface area contributed by atoms with E-state index >= 15 is 0 Å². The molecular weight excluding hydrogens is 312 g/mol. The smallest absolute Gasteiger partial charge is 0.307 e. The summed E-state index contributed by atoms with van der Waals surface area (Å²) in [4.78, 5) is 35.0. The Hall–Kier alpha value is -2.83. The van der Waals surface area contributed by atoms with Gasteiger partial charge in [-0.2, -0.15) is 0 Å². The molecule has 0 radical (unpaired) electrons. The Morgan fingerprint density at radius 2 is 1.79 bits per heavy atom. The second kappa shape index (κ2) is 7.63. The van der Waals surface area contributed by atoms with E-state index in [2.05, 4.69) is 10.6 Å². The van der Waals surface area contributed by atoms with Crippen LogP contribution in [0.15, 0.2) is 30.4 Å². The number of allylic oxidation sites excluding steroid dienone is 2. The molecule has 1 aliphatic carbocycles. The maximum Gasteiger partial charge on any atom is 0.307 e. The predicted molar refractivity (Wildman–Crippen MR) is 88.9 cm³/mol. The fourth-order valence-corrected chi connectivity index (χ4v) is 2.68. The van der Waals surface area contributed by atoms with Crippen molar-refractivity contribution >= 4 is 29.2 Å². The number of carbonyl (C=O) groups excluding carboxylic acids is 2. The number of amides is 2. The number of methoxy groups -OCH3 is 1. The lowest BCUT2D eigenvalue weighted by atomic mass is 9.82. The second-order valence-corrected chi connectivity index (χ2v) is 5.58. The summed E-state index contributed by atoms with van der Waals surface area (Å²) in [6.07, 6.45) is 4.33. The van der Waals surface area contributed by atoms with E-state index in [1.165, 1.54) is 14.0 Å². The van der Waals surface area contributed by atoms with Crippen molar-refractivity contribution in [1.82, 2.24) is 0 Å². The molecular formula is C17H20N2O5. The number of carboxylic acid groups (broad SMARTS) is 1. The number of benzene rings is 1. The van der Waals surface area contributed by atoms with Gasteiger partial charge in [0.2, 0.25) is 11.8 Å². The van der Waals surface area contributed by atoms with Crippen molar-refractivity contribution in [2.24, 2.45) is 11.8 Å². The molecule has 0 spiro atoms. The fourth-order valence-electron chi connectivity index (χ4n) is 2.68. The zero-order valence-corrected chi connectivity index (χ0v) is 13.5. The van der Waals surface area contributed by atoms with E-state index in [1.54, 1.807) is 24.3 Å². The van der Waals surface area contributed by atoms with Crippen molar-refractivity contribution in [1.29, 1.82) is 0 Å². The van der Waals surface area contributed by atoms with Crippen LogP contribution < -0.4 is 15.4 Å². The van der Waals surface area contributed by atoms with Crippen molar-refractivity contribution in [2.75, 3.05) is 17.7 Å². The van der Waals surface area contributed by atoms with Gasteiger partial charge in [-0.1, -0.05) is 12.2 Å². The van der Waals surface area contributed by atoms with E-state index in [9.17, 15) is 19.5 Å². The molecule has 24 heavy (non-hydrogen) atoms. The summed E-state index contributed by atoms with van der Waals surface area (Å²) in [7, 11) is 1.48. The third-order valence-corrected chi connectivity index (χ3v) is 3.86. The van der Waals surface area contributed by atoms with Crippen molar-refractivity contribution in [3.05, 3.63) is 30.4 Å². The van der Waals surface area contributed by atoms with Crippen molar-refractivity contribution in [2.45, 2.75) is 19.8 Å². The summed E-state index contributed by atoms with van der Waals surface area (Å²) in [5.74, 6) is -2.49. The Labute approximate surface area is 139 Å². The van der Waals surface area contributed by atoms with Gasteiger partial charge >= 0.3 is 5.97 Å². The molecule has 0 fully saturated rings. The minimum Gasteiger partial charge on any atom is -0.495 e. The Bertz CT molecular complexity index is 684. The summed E-state index contributed by atoms with van der Waals surface area (Å²) in [6, 6.07) is 4.83. The number of rotatable bonds is 5. The third-order valence-electron chi connectivity index (χ3n) is 3.86. The van der Waals surface area contributed by atoms with Crippen LogP contribution in [0.2, 0.25) is 0 Å². The lowest BCUT2D eigenvalue weighted by molar-refractivity contribution is -0.146. The Kier molecular flexibility index (Phi) is 5.57. The standard InChI is InChI=1S/C17H20N2O5/c1-10(20)18-14-9-11(7-8-15(14)24-2)19-16(21)12-5-3-4-6-13(12)17(22)23/h3-4,7-9,12-13H,5-6H2,1-2H3,(H,18,20)(H,19,21)(H,22,23). The topological polar surface area (TPSA) is 105 Å². The minimum atomic E-state index is -0.979. The number of anilines is 2. The molecule has 2 rings (SSSR count). The summed E-state index contributed by atoms with van der Waals surface area (Å²) in [5.41, 5.74) is 0.893. The molecule has 2 amide bonds. The first kappa shape index (κ1) is 17.5. The average molecular weight is 332 g/mol. The van der Waals surface area contributed by atoms with Crippen molar-refractivity contribution in [3.63, 3.8) is 0 Å². The van der Waals surface area contributed by atoms with Gasteiger partial charge in [0.1, 0.15) is 5.75 Å². The first-order valence-electron chi connectivity index (χ1n) is 7.56. The van der Waals surface area contributed by atoms with Gasteiger partial charge in [-0.05, 0) is 31.0 Å². The second-order valence-electron chi connectivity index (χ2n) is 5.58. The molecule has 0 bridgehead atoms.